The van der Waals surface area contributed by atoms with Gasteiger partial charge < -0.3 is 15.0 Å². The normalized spacial score (nSPS) is 15.8. The van der Waals surface area contributed by atoms with Gasteiger partial charge in [-0.1, -0.05) is 68.9 Å². The van der Waals surface area contributed by atoms with Crippen molar-refractivity contribution in [1.82, 2.24) is 20.1 Å². The Balaban J connectivity index is 1.22. The van der Waals surface area contributed by atoms with E-state index in [1.54, 1.807) is 11.8 Å². The predicted octanol–water partition coefficient (Wildman–Crippen LogP) is 8.08. The van der Waals surface area contributed by atoms with Crippen molar-refractivity contribution >= 4 is 28.6 Å². The third kappa shape index (κ3) is 7.86. The van der Waals surface area contributed by atoms with Gasteiger partial charge in [0.1, 0.15) is 12.1 Å². The number of anilines is 1. The molecule has 1 N–H and O–H groups in total. The summed E-state index contributed by atoms with van der Waals surface area (Å²) in [5.41, 5.74) is 5.85. The minimum atomic E-state index is -4.75. The number of carbonyl (C=O) groups is 1. The van der Waals surface area contributed by atoms with Crippen LogP contribution in [-0.2, 0) is 0 Å². The average Bonchev–Trinajstić information content (AvgIpc) is 3.66. The minimum absolute atomic E-state index is 0.00259. The van der Waals surface area contributed by atoms with Crippen LogP contribution in [0.2, 0.25) is 0 Å². The fourth-order valence-electron chi connectivity index (χ4n) is 5.08. The van der Waals surface area contributed by atoms with Crippen LogP contribution in [0.5, 0.6) is 5.75 Å². The maximum absolute atomic E-state index is 13.0. The monoisotopic (exact) mass is 636 g/mol. The highest BCUT2D eigenvalue weighted by atomic mass is 32.2. The van der Waals surface area contributed by atoms with Gasteiger partial charge in [0.25, 0.3) is 0 Å². The van der Waals surface area contributed by atoms with Crippen molar-refractivity contribution in [3.8, 4) is 22.8 Å². The van der Waals surface area contributed by atoms with E-state index in [-0.39, 0.29) is 23.7 Å². The number of benzene rings is 3. The van der Waals surface area contributed by atoms with Crippen LogP contribution in [0.3, 0.4) is 0 Å². The molecule has 12 heteroatoms. The van der Waals surface area contributed by atoms with Crippen molar-refractivity contribution in [1.29, 1.82) is 0 Å². The molecule has 5 rings (SSSR count). The standard InChI is InChI=1S/C33H35F3N6O2S/c1-20(2)28-15-6-21(3)18-29(28)41-16-17-45-32(41)39-31(43)38-23(5)22(4)24-7-9-25(10-8-24)30-37-19-42(40-30)26-11-13-27(14-12-26)44-33(34,35)36/h6-15,18-20,22-23H,16-17H2,1-5H3,(H,38,43)/b39-32-. The van der Waals surface area contributed by atoms with Gasteiger partial charge in [-0.15, -0.1) is 18.3 Å². The molecule has 45 heavy (non-hydrogen) atoms. The van der Waals surface area contributed by atoms with Gasteiger partial charge in [0, 0.05) is 35.5 Å². The maximum atomic E-state index is 13.0. The molecule has 1 aromatic heterocycles. The molecule has 0 aliphatic carbocycles. The number of ether oxygens (including phenoxy) is 1. The highest BCUT2D eigenvalue weighted by molar-refractivity contribution is 8.14. The number of halogens is 3. The van der Waals surface area contributed by atoms with E-state index in [0.29, 0.717) is 22.6 Å². The second-order valence-electron chi connectivity index (χ2n) is 11.3. The number of amidine groups is 1. The lowest BCUT2D eigenvalue weighted by atomic mass is 9.93. The van der Waals surface area contributed by atoms with Gasteiger partial charge in [-0.2, -0.15) is 4.99 Å². The lowest BCUT2D eigenvalue weighted by Crippen LogP contribution is -2.36. The molecule has 1 aliphatic heterocycles. The largest absolute Gasteiger partial charge is 0.573 e. The number of hydrogen-bond donors (Lipinski definition) is 1. The van der Waals surface area contributed by atoms with Crippen molar-refractivity contribution in [2.24, 2.45) is 4.99 Å². The highest BCUT2D eigenvalue weighted by Gasteiger charge is 2.31. The minimum Gasteiger partial charge on any atom is -0.406 e. The number of rotatable bonds is 8. The topological polar surface area (TPSA) is 84.6 Å². The second-order valence-corrected chi connectivity index (χ2v) is 12.4. The summed E-state index contributed by atoms with van der Waals surface area (Å²) in [5.74, 6) is 1.38. The number of hydrogen-bond acceptors (Lipinski definition) is 5. The summed E-state index contributed by atoms with van der Waals surface area (Å²) in [6, 6.07) is 19.0. The molecule has 0 saturated carbocycles. The fourth-order valence-corrected chi connectivity index (χ4v) is 6.03. The Bertz CT molecular complexity index is 1670. The molecule has 2 amide bonds. The highest BCUT2D eigenvalue weighted by Crippen LogP contribution is 2.34. The Hall–Kier alpha value is -4.32. The molecule has 2 unspecified atom stereocenters. The second kappa shape index (κ2) is 13.4. The number of thioether (sulfide) groups is 1. The molecule has 0 spiro atoms. The third-order valence-corrected chi connectivity index (χ3v) is 8.65. The zero-order valence-corrected chi connectivity index (χ0v) is 26.5. The summed E-state index contributed by atoms with van der Waals surface area (Å²) in [5, 5.41) is 8.22. The zero-order chi connectivity index (χ0) is 32.3. The van der Waals surface area contributed by atoms with Crippen molar-refractivity contribution in [3.05, 3.63) is 89.7 Å². The lowest BCUT2D eigenvalue weighted by Gasteiger charge is -2.24. The molecule has 1 fully saturated rings. The van der Waals surface area contributed by atoms with Crippen molar-refractivity contribution < 1.29 is 22.7 Å². The van der Waals surface area contributed by atoms with Crippen LogP contribution in [0, 0.1) is 6.92 Å². The van der Waals surface area contributed by atoms with Gasteiger partial charge in [-0.05, 0) is 66.8 Å². The van der Waals surface area contributed by atoms with Gasteiger partial charge in [-0.25, -0.2) is 14.5 Å². The van der Waals surface area contributed by atoms with E-state index in [9.17, 15) is 18.0 Å². The smallest absolute Gasteiger partial charge is 0.406 e. The first-order valence-corrected chi connectivity index (χ1v) is 15.6. The quantitative estimate of drug-likeness (QED) is 0.211. The molecule has 236 valence electrons. The molecule has 4 aromatic rings. The van der Waals surface area contributed by atoms with E-state index < -0.39 is 6.36 Å². The Labute approximate surface area is 264 Å². The SMILES string of the molecule is Cc1ccc(C(C)C)c(N2CCS/C2=N\C(=O)NC(C)C(C)c2ccc(-c3ncn(-c4ccc(OC(F)(F)F)cc4)n3)cc2)c1. The molecule has 1 aliphatic rings. The van der Waals surface area contributed by atoms with Gasteiger partial charge in [0.2, 0.25) is 0 Å². The molecular formula is C33H35F3N6O2S. The summed E-state index contributed by atoms with van der Waals surface area (Å²) < 4.78 is 42.7. The first-order chi connectivity index (χ1) is 21.4. The van der Waals surface area contributed by atoms with Crippen molar-refractivity contribution in [2.75, 3.05) is 17.2 Å². The first-order valence-electron chi connectivity index (χ1n) is 14.7. The molecule has 1 saturated heterocycles. The summed E-state index contributed by atoms with van der Waals surface area (Å²) >= 11 is 1.59. The van der Waals surface area contributed by atoms with E-state index >= 15 is 0 Å². The molecule has 0 radical (unpaired) electrons. The van der Waals surface area contributed by atoms with E-state index in [1.807, 2.05) is 38.1 Å². The number of aryl methyl sites for hydroxylation is 1. The summed E-state index contributed by atoms with van der Waals surface area (Å²) in [6.07, 6.45) is -3.25. The number of nitrogens with one attached hydrogen (secondary N) is 1. The van der Waals surface area contributed by atoms with E-state index in [2.05, 4.69) is 69.0 Å². The Kier molecular flexibility index (Phi) is 9.52. The maximum Gasteiger partial charge on any atom is 0.573 e. The van der Waals surface area contributed by atoms with Crippen LogP contribution in [0.15, 0.2) is 78.0 Å². The van der Waals surface area contributed by atoms with Crippen LogP contribution in [0.4, 0.5) is 23.7 Å². The zero-order valence-electron chi connectivity index (χ0n) is 25.7. The van der Waals surface area contributed by atoms with Crippen LogP contribution in [0.25, 0.3) is 17.1 Å². The molecule has 3 aromatic carbocycles. The van der Waals surface area contributed by atoms with Crippen LogP contribution in [0.1, 0.15) is 56.2 Å². The van der Waals surface area contributed by atoms with Crippen LogP contribution in [-0.4, -0.2) is 50.7 Å². The Morgan fingerprint density at radius 1 is 1.02 bits per heavy atom. The summed E-state index contributed by atoms with van der Waals surface area (Å²) in [7, 11) is 0. The first kappa shape index (κ1) is 32.1. The average molecular weight is 637 g/mol. The molecule has 2 heterocycles. The molecule has 8 nitrogen and oxygen atoms in total. The number of amides is 2. The third-order valence-electron chi connectivity index (χ3n) is 7.70. The molecule has 2 atom stereocenters. The van der Waals surface area contributed by atoms with E-state index in [0.717, 1.165) is 29.1 Å². The van der Waals surface area contributed by atoms with Gasteiger partial charge in [0.15, 0.2) is 11.0 Å². The Morgan fingerprint density at radius 2 is 1.73 bits per heavy atom. The van der Waals surface area contributed by atoms with Gasteiger partial charge in [0.05, 0.1) is 5.69 Å². The van der Waals surface area contributed by atoms with E-state index in [4.69, 9.17) is 0 Å². The van der Waals surface area contributed by atoms with Gasteiger partial charge >= 0.3 is 12.4 Å². The summed E-state index contributed by atoms with van der Waals surface area (Å²) in [4.78, 5) is 24.0. The van der Waals surface area contributed by atoms with Gasteiger partial charge in [-0.3, -0.25) is 0 Å². The lowest BCUT2D eigenvalue weighted by molar-refractivity contribution is -0.274. The number of carbonyl (C=O) groups excluding carboxylic acids is 1. The number of urea groups is 1. The number of alkyl halides is 3. The Morgan fingerprint density at radius 3 is 2.40 bits per heavy atom. The number of aromatic nitrogens is 3. The molecule has 0 bridgehead atoms. The van der Waals surface area contributed by atoms with Crippen molar-refractivity contribution in [2.45, 2.75) is 58.9 Å². The van der Waals surface area contributed by atoms with Crippen LogP contribution >= 0.6 is 11.8 Å². The number of aliphatic imine (C=N–C) groups is 1. The number of nitrogens with zero attached hydrogens (tertiary/aromatic N) is 5. The fraction of sp³-hybridized carbons (Fsp3) is 0.333. The van der Waals surface area contributed by atoms with Crippen molar-refractivity contribution in [3.63, 3.8) is 0 Å². The predicted molar refractivity (Wildman–Crippen MR) is 172 cm³/mol. The molecular weight excluding hydrogens is 601 g/mol. The van der Waals surface area contributed by atoms with Crippen LogP contribution < -0.4 is 15.0 Å². The van der Waals surface area contributed by atoms with E-state index in [1.165, 1.54) is 46.4 Å². The summed E-state index contributed by atoms with van der Waals surface area (Å²) in [6.45, 7) is 11.2.